The maximum Gasteiger partial charge on any atom is 0.261 e. The third kappa shape index (κ3) is 6.15. The van der Waals surface area contributed by atoms with E-state index in [4.69, 9.17) is 16.0 Å². The van der Waals surface area contributed by atoms with Gasteiger partial charge < -0.3 is 9.53 Å². The van der Waals surface area contributed by atoms with Crippen LogP contribution in [0.5, 0.6) is 0 Å². The summed E-state index contributed by atoms with van der Waals surface area (Å²) in [6.45, 7) is 10.7. The summed E-state index contributed by atoms with van der Waals surface area (Å²) < 4.78 is 7.37. The van der Waals surface area contributed by atoms with Gasteiger partial charge in [-0.25, -0.2) is 4.98 Å². The lowest BCUT2D eigenvalue weighted by Crippen LogP contribution is -2.67. The SMILES string of the molecule is CC(=Cc1csc(C)n1)C(CC=C(Cl)CO)O[Si](c1ccccc1)(c1ccccc1)C(C)(C)C. The second-order valence-corrected chi connectivity index (χ2v) is 15.3. The highest BCUT2D eigenvalue weighted by molar-refractivity contribution is 7.09. The third-order valence-electron chi connectivity index (χ3n) is 5.96. The topological polar surface area (TPSA) is 42.4 Å². The van der Waals surface area contributed by atoms with Gasteiger partial charge in [0.05, 0.1) is 23.4 Å². The van der Waals surface area contributed by atoms with E-state index in [1.807, 2.05) is 25.1 Å². The number of halogens is 1. The highest BCUT2D eigenvalue weighted by Crippen LogP contribution is 2.39. The van der Waals surface area contributed by atoms with E-state index < -0.39 is 8.32 Å². The van der Waals surface area contributed by atoms with Crippen LogP contribution in [0.1, 0.15) is 44.8 Å². The van der Waals surface area contributed by atoms with E-state index in [1.165, 1.54) is 10.4 Å². The Morgan fingerprint density at radius 2 is 1.65 bits per heavy atom. The minimum absolute atomic E-state index is 0.143. The molecule has 0 radical (unpaired) electrons. The van der Waals surface area contributed by atoms with E-state index in [0.29, 0.717) is 11.5 Å². The zero-order valence-electron chi connectivity index (χ0n) is 20.6. The number of aliphatic hydroxyl groups excluding tert-OH is 1. The van der Waals surface area contributed by atoms with Gasteiger partial charge in [-0.05, 0) is 47.3 Å². The largest absolute Gasteiger partial charge is 0.400 e. The standard InChI is InChI=1S/C28H34ClNO2SSi/c1-21(18-24-20-33-22(2)30-24)27(17-16-23(29)19-31)32-34(28(3,4)5,25-12-8-6-9-13-25)26-14-10-7-11-15-26/h6-16,18,20,27,31H,17,19H2,1-5H3. The maximum absolute atomic E-state index is 9.49. The minimum atomic E-state index is -2.76. The average Bonchev–Trinajstić information content (AvgIpc) is 3.23. The number of benzene rings is 2. The van der Waals surface area contributed by atoms with Crippen molar-refractivity contribution in [1.29, 1.82) is 0 Å². The molecule has 0 saturated carbocycles. The summed E-state index contributed by atoms with van der Waals surface area (Å²) in [6, 6.07) is 21.2. The Morgan fingerprint density at radius 3 is 2.09 bits per heavy atom. The predicted octanol–water partition coefficient (Wildman–Crippen LogP) is 6.31. The summed E-state index contributed by atoms with van der Waals surface area (Å²) in [5.41, 5.74) is 2.02. The Balaban J connectivity index is 2.18. The molecule has 2 aromatic carbocycles. The first-order valence-electron chi connectivity index (χ1n) is 11.5. The van der Waals surface area contributed by atoms with E-state index in [2.05, 4.69) is 92.7 Å². The fourth-order valence-electron chi connectivity index (χ4n) is 4.30. The lowest BCUT2D eigenvalue weighted by atomic mass is 10.1. The molecule has 1 heterocycles. The van der Waals surface area contributed by atoms with Gasteiger partial charge in [0.1, 0.15) is 0 Å². The zero-order valence-corrected chi connectivity index (χ0v) is 23.2. The van der Waals surface area contributed by atoms with Crippen molar-refractivity contribution in [3.05, 3.63) is 93.4 Å². The molecule has 3 rings (SSSR count). The number of aliphatic hydroxyl groups is 1. The summed E-state index contributed by atoms with van der Waals surface area (Å²) in [7, 11) is -2.76. The highest BCUT2D eigenvalue weighted by Gasteiger charge is 2.51. The maximum atomic E-state index is 9.49. The lowest BCUT2D eigenvalue weighted by molar-refractivity contribution is 0.225. The number of aryl methyl sites for hydroxylation is 1. The molecule has 0 saturated heterocycles. The van der Waals surface area contributed by atoms with E-state index >= 15 is 0 Å². The van der Waals surface area contributed by atoms with Crippen molar-refractivity contribution in [2.45, 2.75) is 52.2 Å². The first kappa shape index (κ1) is 26.6. The molecule has 0 aliphatic rings. The predicted molar refractivity (Wildman–Crippen MR) is 149 cm³/mol. The van der Waals surface area contributed by atoms with Crippen LogP contribution in [0.2, 0.25) is 5.04 Å². The molecule has 0 bridgehead atoms. The summed E-state index contributed by atoms with van der Waals surface area (Å²) in [6.07, 6.45) is 4.31. The number of nitrogens with zero attached hydrogens (tertiary/aromatic N) is 1. The average molecular weight is 512 g/mol. The normalized spacial score (nSPS) is 14.3. The minimum Gasteiger partial charge on any atom is -0.400 e. The van der Waals surface area contributed by atoms with E-state index in [-0.39, 0.29) is 17.7 Å². The molecule has 0 fully saturated rings. The van der Waals surface area contributed by atoms with Gasteiger partial charge in [-0.1, -0.05) is 99.1 Å². The smallest absolute Gasteiger partial charge is 0.261 e. The summed E-state index contributed by atoms with van der Waals surface area (Å²) in [4.78, 5) is 4.62. The van der Waals surface area contributed by atoms with Gasteiger partial charge in [0.25, 0.3) is 8.32 Å². The van der Waals surface area contributed by atoms with Crippen LogP contribution in [-0.2, 0) is 4.43 Å². The quantitative estimate of drug-likeness (QED) is 0.342. The summed E-state index contributed by atoms with van der Waals surface area (Å²) in [5.74, 6) is 0. The van der Waals surface area contributed by atoms with Crippen molar-refractivity contribution in [2.24, 2.45) is 0 Å². The second-order valence-electron chi connectivity index (χ2n) is 9.49. The molecular weight excluding hydrogens is 478 g/mol. The van der Waals surface area contributed by atoms with Crippen LogP contribution in [0.3, 0.4) is 0 Å². The molecule has 3 nitrogen and oxygen atoms in total. The van der Waals surface area contributed by atoms with Crippen molar-refractivity contribution in [1.82, 2.24) is 4.98 Å². The van der Waals surface area contributed by atoms with Crippen LogP contribution in [0.15, 0.2) is 82.7 Å². The van der Waals surface area contributed by atoms with Crippen LogP contribution in [0.4, 0.5) is 0 Å². The summed E-state index contributed by atoms with van der Waals surface area (Å²) in [5, 5.41) is 15.3. The lowest BCUT2D eigenvalue weighted by Gasteiger charge is -2.45. The molecule has 1 aromatic heterocycles. The number of rotatable bonds is 9. The molecule has 0 aliphatic carbocycles. The molecule has 180 valence electrons. The molecule has 6 heteroatoms. The Hall–Kier alpha value is -2.02. The van der Waals surface area contributed by atoms with E-state index in [1.54, 1.807) is 11.3 Å². The monoisotopic (exact) mass is 511 g/mol. The van der Waals surface area contributed by atoms with Crippen molar-refractivity contribution < 1.29 is 9.53 Å². The van der Waals surface area contributed by atoms with Crippen LogP contribution in [-0.4, -0.2) is 31.1 Å². The van der Waals surface area contributed by atoms with Crippen LogP contribution in [0, 0.1) is 6.92 Å². The Kier molecular flexibility index (Phi) is 9.07. The molecule has 0 aliphatic heterocycles. The highest BCUT2D eigenvalue weighted by atomic mass is 35.5. The van der Waals surface area contributed by atoms with Crippen LogP contribution >= 0.6 is 22.9 Å². The molecule has 1 N–H and O–H groups in total. The fourth-order valence-corrected chi connectivity index (χ4v) is 9.69. The number of hydrogen-bond donors (Lipinski definition) is 1. The van der Waals surface area contributed by atoms with E-state index in [0.717, 1.165) is 16.3 Å². The Labute approximate surface area is 213 Å². The Bertz CT molecular complexity index is 1080. The van der Waals surface area contributed by atoms with Crippen molar-refractivity contribution in [3.8, 4) is 0 Å². The fraction of sp³-hybridized carbons (Fsp3) is 0.321. The van der Waals surface area contributed by atoms with Gasteiger partial charge in [0.15, 0.2) is 0 Å². The van der Waals surface area contributed by atoms with Gasteiger partial charge in [-0.2, -0.15) is 0 Å². The van der Waals surface area contributed by atoms with Crippen LogP contribution in [0.25, 0.3) is 6.08 Å². The Morgan fingerprint density at radius 1 is 1.09 bits per heavy atom. The number of thiazole rings is 1. The first-order valence-corrected chi connectivity index (χ1v) is 14.7. The molecule has 3 aromatic rings. The zero-order chi connectivity index (χ0) is 24.8. The molecular formula is C28H34ClNO2SSi. The van der Waals surface area contributed by atoms with Crippen LogP contribution < -0.4 is 10.4 Å². The van der Waals surface area contributed by atoms with Gasteiger partial charge in [0, 0.05) is 10.4 Å². The second kappa shape index (κ2) is 11.6. The van der Waals surface area contributed by atoms with Gasteiger partial charge >= 0.3 is 0 Å². The molecule has 1 unspecified atom stereocenters. The number of aromatic nitrogens is 1. The molecule has 34 heavy (non-hydrogen) atoms. The molecule has 0 spiro atoms. The van der Waals surface area contributed by atoms with Crippen molar-refractivity contribution in [2.75, 3.05) is 6.61 Å². The van der Waals surface area contributed by atoms with Gasteiger partial charge in [-0.3, -0.25) is 0 Å². The number of hydrogen-bond acceptors (Lipinski definition) is 4. The molecule has 1 atom stereocenters. The van der Waals surface area contributed by atoms with Crippen molar-refractivity contribution in [3.63, 3.8) is 0 Å². The molecule has 0 amide bonds. The summed E-state index contributed by atoms with van der Waals surface area (Å²) >= 11 is 7.85. The first-order chi connectivity index (χ1) is 16.2. The third-order valence-corrected chi connectivity index (χ3v) is 12.1. The van der Waals surface area contributed by atoms with Crippen molar-refractivity contribution >= 4 is 47.7 Å². The van der Waals surface area contributed by atoms with Gasteiger partial charge in [-0.15, -0.1) is 11.3 Å². The van der Waals surface area contributed by atoms with E-state index in [9.17, 15) is 5.11 Å². The van der Waals surface area contributed by atoms with Gasteiger partial charge in [0.2, 0.25) is 0 Å².